The van der Waals surface area contributed by atoms with E-state index in [2.05, 4.69) is 20.7 Å². The predicted octanol–water partition coefficient (Wildman–Crippen LogP) is 1.87. The van der Waals surface area contributed by atoms with Gasteiger partial charge in [-0.15, -0.1) is 0 Å². The van der Waals surface area contributed by atoms with E-state index < -0.39 is 0 Å². The van der Waals surface area contributed by atoms with Crippen LogP contribution in [0, 0.1) is 0 Å². The van der Waals surface area contributed by atoms with Gasteiger partial charge in [-0.3, -0.25) is 14.5 Å². The van der Waals surface area contributed by atoms with Crippen LogP contribution in [0.2, 0.25) is 0 Å². The Morgan fingerprint density at radius 1 is 1.11 bits per heavy atom. The number of morpholine rings is 1. The topological polar surface area (TPSA) is 96.7 Å². The van der Waals surface area contributed by atoms with Crippen LogP contribution in [0.25, 0.3) is 0 Å². The lowest BCUT2D eigenvalue weighted by Gasteiger charge is -2.26. The Labute approximate surface area is 163 Å². The summed E-state index contributed by atoms with van der Waals surface area (Å²) in [5.41, 5.74) is 1.43. The standard InChI is InChI=1S/C20H24N4O4/c25-19(21-7-8-24-9-11-27-12-10-24)15-3-5-16(6-4-15)22-20(26)17-13-18(28-23-17)14-1-2-14/h3-6,13-14H,1-2,7-12H2,(H,21,25)(H,22,26). The normalized spacial score (nSPS) is 17.3. The number of aromatic nitrogens is 1. The first kappa shape index (κ1) is 18.6. The second-order valence-electron chi connectivity index (χ2n) is 7.13. The molecule has 4 rings (SSSR count). The number of rotatable bonds is 7. The average molecular weight is 384 g/mol. The first-order chi connectivity index (χ1) is 13.7. The molecule has 2 heterocycles. The lowest BCUT2D eigenvalue weighted by atomic mass is 10.2. The Bertz CT molecular complexity index is 823. The highest BCUT2D eigenvalue weighted by atomic mass is 16.5. The van der Waals surface area contributed by atoms with Crippen molar-refractivity contribution in [3.8, 4) is 0 Å². The molecular weight excluding hydrogens is 360 g/mol. The summed E-state index contributed by atoms with van der Waals surface area (Å²) in [5.74, 6) is 0.736. The number of anilines is 1. The summed E-state index contributed by atoms with van der Waals surface area (Å²) in [6.07, 6.45) is 2.18. The summed E-state index contributed by atoms with van der Waals surface area (Å²) in [5, 5.41) is 9.52. The van der Waals surface area contributed by atoms with Crippen LogP contribution < -0.4 is 10.6 Å². The molecule has 2 amide bonds. The minimum atomic E-state index is -0.321. The van der Waals surface area contributed by atoms with E-state index in [-0.39, 0.29) is 17.5 Å². The minimum absolute atomic E-state index is 0.128. The van der Waals surface area contributed by atoms with Gasteiger partial charge in [-0.25, -0.2) is 0 Å². The predicted molar refractivity (Wildman–Crippen MR) is 102 cm³/mol. The van der Waals surface area contributed by atoms with Gasteiger partial charge in [0.1, 0.15) is 5.76 Å². The summed E-state index contributed by atoms with van der Waals surface area (Å²) in [7, 11) is 0. The number of ether oxygens (including phenoxy) is 1. The van der Waals surface area contributed by atoms with E-state index in [4.69, 9.17) is 9.26 Å². The van der Waals surface area contributed by atoms with E-state index in [9.17, 15) is 9.59 Å². The van der Waals surface area contributed by atoms with E-state index in [1.165, 1.54) is 0 Å². The average Bonchev–Trinajstić information content (AvgIpc) is 3.45. The first-order valence-electron chi connectivity index (χ1n) is 9.65. The Kier molecular flexibility index (Phi) is 5.68. The number of amides is 2. The van der Waals surface area contributed by atoms with E-state index in [0.29, 0.717) is 23.7 Å². The lowest BCUT2D eigenvalue weighted by molar-refractivity contribution is 0.0383. The van der Waals surface area contributed by atoms with Crippen LogP contribution >= 0.6 is 0 Å². The van der Waals surface area contributed by atoms with Crippen molar-refractivity contribution in [1.29, 1.82) is 0 Å². The van der Waals surface area contributed by atoms with Crippen LogP contribution in [-0.2, 0) is 4.74 Å². The highest BCUT2D eigenvalue weighted by Crippen LogP contribution is 2.40. The van der Waals surface area contributed by atoms with Gasteiger partial charge in [0, 0.05) is 49.4 Å². The van der Waals surface area contributed by atoms with Crippen molar-refractivity contribution in [3.63, 3.8) is 0 Å². The van der Waals surface area contributed by atoms with Gasteiger partial charge >= 0.3 is 0 Å². The molecule has 0 bridgehead atoms. The number of hydrogen-bond donors (Lipinski definition) is 2. The molecule has 1 aromatic heterocycles. The fraction of sp³-hybridized carbons (Fsp3) is 0.450. The van der Waals surface area contributed by atoms with Gasteiger partial charge in [0.05, 0.1) is 13.2 Å². The van der Waals surface area contributed by atoms with Gasteiger partial charge in [-0.1, -0.05) is 5.16 Å². The van der Waals surface area contributed by atoms with Crippen molar-refractivity contribution in [2.45, 2.75) is 18.8 Å². The SMILES string of the molecule is O=C(NCCN1CCOCC1)c1ccc(NC(=O)c2cc(C3CC3)on2)cc1. The van der Waals surface area contributed by atoms with Crippen molar-refractivity contribution < 1.29 is 18.8 Å². The quantitative estimate of drug-likeness (QED) is 0.756. The van der Waals surface area contributed by atoms with Gasteiger partial charge < -0.3 is 19.9 Å². The smallest absolute Gasteiger partial charge is 0.277 e. The second kappa shape index (κ2) is 8.53. The minimum Gasteiger partial charge on any atom is -0.379 e. The molecule has 2 aliphatic rings. The summed E-state index contributed by atoms with van der Waals surface area (Å²) in [6, 6.07) is 8.49. The molecule has 8 nitrogen and oxygen atoms in total. The van der Waals surface area contributed by atoms with Gasteiger partial charge in [0.25, 0.3) is 11.8 Å². The van der Waals surface area contributed by atoms with Gasteiger partial charge in [-0.2, -0.15) is 0 Å². The molecule has 0 radical (unpaired) electrons. The zero-order chi connectivity index (χ0) is 19.3. The van der Waals surface area contributed by atoms with Crippen LogP contribution in [0.4, 0.5) is 5.69 Å². The molecule has 1 aromatic carbocycles. The molecule has 1 aliphatic carbocycles. The maximum atomic E-state index is 12.3. The van der Waals surface area contributed by atoms with Crippen LogP contribution in [0.1, 0.15) is 45.4 Å². The number of carbonyl (C=O) groups is 2. The maximum absolute atomic E-state index is 12.3. The van der Waals surface area contributed by atoms with Crippen molar-refractivity contribution in [1.82, 2.24) is 15.4 Å². The Morgan fingerprint density at radius 2 is 1.86 bits per heavy atom. The Morgan fingerprint density at radius 3 is 2.57 bits per heavy atom. The zero-order valence-corrected chi connectivity index (χ0v) is 15.6. The summed E-state index contributed by atoms with van der Waals surface area (Å²) < 4.78 is 10.5. The fourth-order valence-corrected chi connectivity index (χ4v) is 3.11. The number of benzene rings is 1. The largest absolute Gasteiger partial charge is 0.379 e. The zero-order valence-electron chi connectivity index (χ0n) is 15.6. The third-order valence-corrected chi connectivity index (χ3v) is 4.96. The molecule has 1 aliphatic heterocycles. The summed E-state index contributed by atoms with van der Waals surface area (Å²) in [4.78, 5) is 26.8. The van der Waals surface area contributed by atoms with Crippen LogP contribution in [0.5, 0.6) is 0 Å². The van der Waals surface area contributed by atoms with E-state index in [0.717, 1.165) is 51.4 Å². The first-order valence-corrected chi connectivity index (χ1v) is 9.65. The highest BCUT2D eigenvalue weighted by molar-refractivity contribution is 6.03. The van der Waals surface area contributed by atoms with E-state index in [1.807, 2.05) is 0 Å². The highest BCUT2D eigenvalue weighted by Gasteiger charge is 2.28. The molecule has 0 atom stereocenters. The molecule has 148 valence electrons. The molecule has 1 saturated carbocycles. The molecule has 1 saturated heterocycles. The second-order valence-corrected chi connectivity index (χ2v) is 7.13. The van der Waals surface area contributed by atoms with Crippen molar-refractivity contribution in [2.75, 3.05) is 44.7 Å². The van der Waals surface area contributed by atoms with Crippen molar-refractivity contribution in [2.24, 2.45) is 0 Å². The van der Waals surface area contributed by atoms with E-state index in [1.54, 1.807) is 30.3 Å². The number of nitrogens with zero attached hydrogens (tertiary/aromatic N) is 2. The molecule has 2 aromatic rings. The van der Waals surface area contributed by atoms with Crippen molar-refractivity contribution >= 4 is 17.5 Å². The molecule has 28 heavy (non-hydrogen) atoms. The van der Waals surface area contributed by atoms with Crippen molar-refractivity contribution in [3.05, 3.63) is 47.3 Å². The van der Waals surface area contributed by atoms with Crippen LogP contribution in [0.3, 0.4) is 0 Å². The molecular formula is C20H24N4O4. The fourth-order valence-electron chi connectivity index (χ4n) is 3.11. The number of nitrogens with one attached hydrogen (secondary N) is 2. The summed E-state index contributed by atoms with van der Waals surface area (Å²) >= 11 is 0. The third-order valence-electron chi connectivity index (χ3n) is 4.96. The maximum Gasteiger partial charge on any atom is 0.277 e. The molecule has 0 unspecified atom stereocenters. The lowest BCUT2D eigenvalue weighted by Crippen LogP contribution is -2.41. The molecule has 8 heteroatoms. The van der Waals surface area contributed by atoms with E-state index >= 15 is 0 Å². The summed E-state index contributed by atoms with van der Waals surface area (Å²) in [6.45, 7) is 4.70. The monoisotopic (exact) mass is 384 g/mol. The van der Waals surface area contributed by atoms with Gasteiger partial charge in [0.15, 0.2) is 5.69 Å². The van der Waals surface area contributed by atoms with Crippen LogP contribution in [-0.4, -0.2) is 61.3 Å². The van der Waals surface area contributed by atoms with Gasteiger partial charge in [0.2, 0.25) is 0 Å². The van der Waals surface area contributed by atoms with Crippen LogP contribution in [0.15, 0.2) is 34.9 Å². The molecule has 0 spiro atoms. The number of hydrogen-bond acceptors (Lipinski definition) is 6. The third kappa shape index (κ3) is 4.76. The Balaban J connectivity index is 1.25. The van der Waals surface area contributed by atoms with Gasteiger partial charge in [-0.05, 0) is 37.1 Å². The Hall–Kier alpha value is -2.71. The molecule has 2 fully saturated rings. The number of carbonyl (C=O) groups excluding carboxylic acids is 2. The molecule has 2 N–H and O–H groups in total.